The predicted octanol–water partition coefficient (Wildman–Crippen LogP) is 4.08. The van der Waals surface area contributed by atoms with Crippen LogP contribution in [0, 0.1) is 0 Å². The van der Waals surface area contributed by atoms with E-state index in [0.717, 1.165) is 12.1 Å². The van der Waals surface area contributed by atoms with E-state index < -0.39 is 5.91 Å². The lowest BCUT2D eigenvalue weighted by Gasteiger charge is -2.18. The van der Waals surface area contributed by atoms with Crippen LogP contribution >= 0.6 is 11.3 Å². The zero-order chi connectivity index (χ0) is 21.7. The van der Waals surface area contributed by atoms with Crippen molar-refractivity contribution in [2.45, 2.75) is 26.9 Å². The van der Waals surface area contributed by atoms with Crippen molar-refractivity contribution in [2.75, 3.05) is 12.0 Å². The van der Waals surface area contributed by atoms with Gasteiger partial charge in [-0.3, -0.25) is 14.5 Å². The van der Waals surface area contributed by atoms with E-state index in [4.69, 9.17) is 15.2 Å². The molecule has 0 fully saturated rings. The molecule has 2 N–H and O–H groups in total. The number of aromatic nitrogens is 1. The highest BCUT2D eigenvalue weighted by molar-refractivity contribution is 7.14. The van der Waals surface area contributed by atoms with Crippen LogP contribution in [-0.4, -0.2) is 23.9 Å². The second kappa shape index (κ2) is 9.41. The van der Waals surface area contributed by atoms with Crippen molar-refractivity contribution in [3.05, 3.63) is 64.7 Å². The number of amides is 2. The van der Waals surface area contributed by atoms with E-state index in [1.165, 1.54) is 37.0 Å². The summed E-state index contributed by atoms with van der Waals surface area (Å²) < 4.78 is 10.9. The Morgan fingerprint density at radius 2 is 1.90 bits per heavy atom. The number of rotatable bonds is 8. The van der Waals surface area contributed by atoms with Crippen LogP contribution < -0.4 is 20.1 Å². The maximum Gasteiger partial charge on any atom is 0.252 e. The summed E-state index contributed by atoms with van der Waals surface area (Å²) in [6.07, 6.45) is 0.928. The molecule has 156 valence electrons. The van der Waals surface area contributed by atoms with Gasteiger partial charge >= 0.3 is 0 Å². The molecule has 0 saturated carbocycles. The number of nitrogens with zero attached hydrogens (tertiary/aromatic N) is 2. The number of benzene rings is 2. The van der Waals surface area contributed by atoms with Gasteiger partial charge in [0.1, 0.15) is 18.1 Å². The molecule has 3 aromatic rings. The number of nitrogens with two attached hydrogens (primary N) is 1. The fourth-order valence-corrected chi connectivity index (χ4v) is 3.75. The van der Waals surface area contributed by atoms with Gasteiger partial charge in [-0.25, -0.2) is 4.98 Å². The summed E-state index contributed by atoms with van der Waals surface area (Å²) in [6.45, 7) is 3.71. The SMILES string of the molecule is CCc1ccc(N(C(C)=O)c2nc(COc3ccc(OC)cc3C(N)=O)cs2)cc1. The summed E-state index contributed by atoms with van der Waals surface area (Å²) in [4.78, 5) is 30.1. The molecule has 0 aliphatic rings. The van der Waals surface area contributed by atoms with Gasteiger partial charge in [0.15, 0.2) is 5.13 Å². The molecule has 8 heteroatoms. The Bertz CT molecular complexity index is 1050. The molecule has 0 spiro atoms. The van der Waals surface area contributed by atoms with Crippen LogP contribution in [0.4, 0.5) is 10.8 Å². The molecule has 2 aromatic carbocycles. The Morgan fingerprint density at radius 1 is 1.17 bits per heavy atom. The zero-order valence-electron chi connectivity index (χ0n) is 17.0. The lowest BCUT2D eigenvalue weighted by atomic mass is 10.1. The van der Waals surface area contributed by atoms with Gasteiger partial charge in [-0.1, -0.05) is 19.1 Å². The van der Waals surface area contributed by atoms with Gasteiger partial charge in [0, 0.05) is 12.3 Å². The predicted molar refractivity (Wildman–Crippen MR) is 117 cm³/mol. The fraction of sp³-hybridized carbons (Fsp3) is 0.227. The molecular weight excluding hydrogens is 402 g/mol. The van der Waals surface area contributed by atoms with Crippen molar-refractivity contribution >= 4 is 34.0 Å². The Morgan fingerprint density at radius 3 is 2.50 bits per heavy atom. The minimum Gasteiger partial charge on any atom is -0.497 e. The highest BCUT2D eigenvalue weighted by atomic mass is 32.1. The number of thiazole rings is 1. The van der Waals surface area contributed by atoms with E-state index >= 15 is 0 Å². The van der Waals surface area contributed by atoms with Crippen molar-refractivity contribution in [3.8, 4) is 11.5 Å². The molecule has 0 bridgehead atoms. The third-order valence-corrected chi connectivity index (χ3v) is 5.35. The van der Waals surface area contributed by atoms with Gasteiger partial charge in [0.05, 0.1) is 24.1 Å². The van der Waals surface area contributed by atoms with Gasteiger partial charge in [-0.05, 0) is 42.3 Å². The molecule has 1 aromatic heterocycles. The molecule has 3 rings (SSSR count). The average molecular weight is 426 g/mol. The van der Waals surface area contributed by atoms with Crippen LogP contribution in [0.15, 0.2) is 47.8 Å². The number of ether oxygens (including phenoxy) is 2. The van der Waals surface area contributed by atoms with Gasteiger partial charge in [-0.2, -0.15) is 0 Å². The van der Waals surface area contributed by atoms with E-state index in [9.17, 15) is 9.59 Å². The van der Waals surface area contributed by atoms with Gasteiger partial charge in [0.25, 0.3) is 5.91 Å². The smallest absolute Gasteiger partial charge is 0.252 e. The normalized spacial score (nSPS) is 10.5. The Balaban J connectivity index is 1.78. The van der Waals surface area contributed by atoms with Gasteiger partial charge in [0.2, 0.25) is 5.91 Å². The topological polar surface area (TPSA) is 94.8 Å². The van der Waals surface area contributed by atoms with Crippen molar-refractivity contribution in [3.63, 3.8) is 0 Å². The minimum atomic E-state index is -0.610. The van der Waals surface area contributed by atoms with Gasteiger partial charge in [-0.15, -0.1) is 11.3 Å². The molecular formula is C22H23N3O4S. The van der Waals surface area contributed by atoms with Crippen molar-refractivity contribution in [1.29, 1.82) is 0 Å². The van der Waals surface area contributed by atoms with Crippen LogP contribution in [0.2, 0.25) is 0 Å². The van der Waals surface area contributed by atoms with E-state index in [0.29, 0.717) is 22.3 Å². The summed E-state index contributed by atoms with van der Waals surface area (Å²) in [6, 6.07) is 12.7. The molecule has 0 aliphatic carbocycles. The molecule has 1 heterocycles. The van der Waals surface area contributed by atoms with Crippen molar-refractivity contribution < 1.29 is 19.1 Å². The highest BCUT2D eigenvalue weighted by Gasteiger charge is 2.18. The third-order valence-electron chi connectivity index (χ3n) is 4.48. The molecule has 0 saturated heterocycles. The molecule has 0 unspecified atom stereocenters. The van der Waals surface area contributed by atoms with E-state index in [1.807, 2.05) is 29.6 Å². The maximum atomic E-state index is 12.3. The highest BCUT2D eigenvalue weighted by Crippen LogP contribution is 2.30. The minimum absolute atomic E-state index is 0.129. The third kappa shape index (κ3) is 4.77. The quantitative estimate of drug-likeness (QED) is 0.587. The number of carbonyl (C=O) groups is 2. The molecule has 0 radical (unpaired) electrons. The van der Waals surface area contributed by atoms with Crippen LogP contribution in [0.1, 0.15) is 35.5 Å². The van der Waals surface area contributed by atoms with E-state index in [2.05, 4.69) is 11.9 Å². The largest absolute Gasteiger partial charge is 0.497 e. The first-order chi connectivity index (χ1) is 14.4. The van der Waals surface area contributed by atoms with Crippen LogP contribution in [0.25, 0.3) is 0 Å². The lowest BCUT2D eigenvalue weighted by Crippen LogP contribution is -2.22. The Hall–Kier alpha value is -3.39. The lowest BCUT2D eigenvalue weighted by molar-refractivity contribution is -0.115. The first-order valence-electron chi connectivity index (χ1n) is 9.37. The summed E-state index contributed by atoms with van der Waals surface area (Å²) in [7, 11) is 1.51. The Kier molecular flexibility index (Phi) is 6.68. The fourth-order valence-electron chi connectivity index (χ4n) is 2.88. The molecule has 0 aliphatic heterocycles. The molecule has 30 heavy (non-hydrogen) atoms. The number of hydrogen-bond donors (Lipinski definition) is 1. The van der Waals surface area contributed by atoms with Crippen LogP contribution in [0.5, 0.6) is 11.5 Å². The second-order valence-electron chi connectivity index (χ2n) is 6.51. The molecule has 7 nitrogen and oxygen atoms in total. The van der Waals surface area contributed by atoms with Crippen molar-refractivity contribution in [2.24, 2.45) is 5.73 Å². The Labute approximate surface area is 179 Å². The van der Waals surface area contributed by atoms with Crippen LogP contribution in [0.3, 0.4) is 0 Å². The number of carbonyl (C=O) groups excluding carboxylic acids is 2. The van der Waals surface area contributed by atoms with Crippen LogP contribution in [-0.2, 0) is 17.8 Å². The first-order valence-corrected chi connectivity index (χ1v) is 10.3. The monoisotopic (exact) mass is 425 g/mol. The summed E-state index contributed by atoms with van der Waals surface area (Å²) >= 11 is 1.34. The average Bonchev–Trinajstić information content (AvgIpc) is 3.20. The maximum absolute atomic E-state index is 12.3. The molecule has 2 amide bonds. The number of primary amides is 1. The van der Waals surface area contributed by atoms with Crippen molar-refractivity contribution in [1.82, 2.24) is 4.98 Å². The number of aryl methyl sites for hydroxylation is 1. The standard InChI is InChI=1S/C22H23N3O4S/c1-4-15-5-7-17(8-6-15)25(14(2)26)22-24-16(13-30-22)12-29-20-10-9-18(28-3)11-19(20)21(23)27/h5-11,13H,4,12H2,1-3H3,(H2,23,27). The van der Waals surface area contributed by atoms with E-state index in [-0.39, 0.29) is 18.1 Å². The first kappa shape index (κ1) is 21.3. The summed E-state index contributed by atoms with van der Waals surface area (Å²) in [5.74, 6) is 0.114. The number of anilines is 2. The number of hydrogen-bond acceptors (Lipinski definition) is 6. The second-order valence-corrected chi connectivity index (χ2v) is 7.35. The summed E-state index contributed by atoms with van der Waals surface area (Å²) in [5, 5.41) is 2.37. The zero-order valence-corrected chi connectivity index (χ0v) is 17.9. The van der Waals surface area contributed by atoms with E-state index in [1.54, 1.807) is 17.0 Å². The molecule has 0 atom stereocenters. The summed E-state index contributed by atoms with van der Waals surface area (Å²) in [5.41, 5.74) is 8.25. The number of methoxy groups -OCH3 is 1. The van der Waals surface area contributed by atoms with Gasteiger partial charge < -0.3 is 15.2 Å².